The summed E-state index contributed by atoms with van der Waals surface area (Å²) in [4.78, 5) is 2.54. The molecule has 3 aliphatic rings. The molecular weight excluding hydrogens is 703 g/mol. The molecule has 2 heteroatoms. The van der Waals surface area contributed by atoms with E-state index >= 15 is 0 Å². The van der Waals surface area contributed by atoms with E-state index in [0.717, 1.165) is 0 Å². The Bertz CT molecular complexity index is 2880. The Kier molecular flexibility index (Phi) is 7.25. The average Bonchev–Trinajstić information content (AvgIpc) is 3.79. The van der Waals surface area contributed by atoms with Gasteiger partial charge in [-0.05, 0) is 112 Å². The largest absolute Gasteiger partial charge is 0.310 e. The van der Waals surface area contributed by atoms with Gasteiger partial charge in [0.1, 0.15) is 0 Å². The third-order valence-electron chi connectivity index (χ3n) is 13.3. The summed E-state index contributed by atoms with van der Waals surface area (Å²) in [7, 11) is -2.73. The molecule has 2 aliphatic heterocycles. The van der Waals surface area contributed by atoms with Crippen LogP contribution in [0.2, 0.25) is 0 Å². The normalized spacial score (nSPS) is 14.7. The highest BCUT2D eigenvalue weighted by Crippen LogP contribution is 2.51. The van der Waals surface area contributed by atoms with Crippen LogP contribution < -0.4 is 25.6 Å². The van der Waals surface area contributed by atoms with E-state index in [1.54, 1.807) is 0 Å². The second-order valence-electron chi connectivity index (χ2n) is 17.7. The maximum Gasteiger partial charge on any atom is 0.182 e. The molecule has 1 aliphatic carbocycles. The van der Waals surface area contributed by atoms with Gasteiger partial charge in [-0.15, -0.1) is 0 Å². The van der Waals surface area contributed by atoms with E-state index < -0.39 is 8.07 Å². The molecule has 57 heavy (non-hydrogen) atoms. The van der Waals surface area contributed by atoms with Gasteiger partial charge in [-0.2, -0.15) is 0 Å². The lowest BCUT2D eigenvalue weighted by atomic mass is 9.82. The van der Waals surface area contributed by atoms with E-state index in [9.17, 15) is 0 Å². The summed E-state index contributed by atoms with van der Waals surface area (Å²) < 4.78 is 0. The number of hydrogen-bond donors (Lipinski definition) is 0. The van der Waals surface area contributed by atoms with Crippen molar-refractivity contribution in [3.63, 3.8) is 0 Å². The lowest BCUT2D eigenvalue weighted by molar-refractivity contribution is 0.591. The fourth-order valence-corrected chi connectivity index (χ4v) is 16.2. The molecule has 1 nitrogen and oxygen atoms in total. The molecule has 2 heterocycles. The van der Waals surface area contributed by atoms with Crippen molar-refractivity contribution in [1.82, 2.24) is 0 Å². The Morgan fingerprint density at radius 1 is 0.404 bits per heavy atom. The maximum absolute atomic E-state index is 2.73. The van der Waals surface area contributed by atoms with Crippen molar-refractivity contribution in [1.29, 1.82) is 0 Å². The predicted octanol–water partition coefficient (Wildman–Crippen LogP) is 11.8. The quantitative estimate of drug-likeness (QED) is 0.162. The minimum absolute atomic E-state index is 0.0289. The second kappa shape index (κ2) is 12.1. The number of rotatable bonds is 4. The van der Waals surface area contributed by atoms with Gasteiger partial charge in [0, 0.05) is 22.4 Å². The van der Waals surface area contributed by atoms with Crippen molar-refractivity contribution in [2.24, 2.45) is 0 Å². The summed E-state index contributed by atoms with van der Waals surface area (Å²) in [5, 5.41) is 6.01. The van der Waals surface area contributed by atoms with Crippen LogP contribution >= 0.6 is 0 Å². The van der Waals surface area contributed by atoms with Crippen molar-refractivity contribution in [3.05, 3.63) is 199 Å². The summed E-state index contributed by atoms with van der Waals surface area (Å²) in [5.74, 6) is 0. The molecule has 1 spiro atoms. The number of benzene rings is 8. The summed E-state index contributed by atoms with van der Waals surface area (Å²) in [6, 6.07) is 69.4. The van der Waals surface area contributed by atoms with Gasteiger partial charge in [-0.3, -0.25) is 0 Å². The van der Waals surface area contributed by atoms with Crippen molar-refractivity contribution in [2.75, 3.05) is 4.90 Å². The van der Waals surface area contributed by atoms with Crippen molar-refractivity contribution < 1.29 is 0 Å². The van der Waals surface area contributed by atoms with Gasteiger partial charge in [-0.25, -0.2) is 0 Å². The molecule has 0 amide bonds. The van der Waals surface area contributed by atoms with Gasteiger partial charge < -0.3 is 4.90 Å². The van der Waals surface area contributed by atoms with Crippen molar-refractivity contribution in [3.8, 4) is 44.5 Å². The lowest BCUT2D eigenvalue weighted by Gasteiger charge is -2.32. The van der Waals surface area contributed by atoms with E-state index in [1.807, 2.05) is 0 Å². The summed E-state index contributed by atoms with van der Waals surface area (Å²) in [5.41, 5.74) is 18.2. The minimum Gasteiger partial charge on any atom is -0.310 e. The summed E-state index contributed by atoms with van der Waals surface area (Å²) in [6.07, 6.45) is 0. The fraction of sp³-hybridized carbons (Fsp3) is 0.127. The molecule has 0 unspecified atom stereocenters. The maximum atomic E-state index is 2.59. The smallest absolute Gasteiger partial charge is 0.182 e. The van der Waals surface area contributed by atoms with Crippen LogP contribution in [0.5, 0.6) is 0 Å². The van der Waals surface area contributed by atoms with Crippen LogP contribution in [-0.2, 0) is 10.8 Å². The van der Waals surface area contributed by atoms with Gasteiger partial charge in [-0.1, -0.05) is 186 Å². The lowest BCUT2D eigenvalue weighted by Crippen LogP contribution is -2.70. The zero-order valence-electron chi connectivity index (χ0n) is 33.3. The molecule has 8 aromatic carbocycles. The SMILES string of the molecule is CC(C)(C)c1ccc2c(c1)[Si]1(c3ccccc3-c3ccccc31)c1cc(N(c3ccc4c(c3)C(C)(C)c3ccccc3-4)c3ccccc3-c3ccccc3)ccc1-2. The number of anilines is 3. The highest BCUT2D eigenvalue weighted by molar-refractivity contribution is 7.24. The van der Waals surface area contributed by atoms with Crippen molar-refractivity contribution in [2.45, 2.75) is 45.4 Å². The molecule has 0 saturated heterocycles. The van der Waals surface area contributed by atoms with Crippen LogP contribution in [0.4, 0.5) is 17.1 Å². The van der Waals surface area contributed by atoms with Gasteiger partial charge in [0.05, 0.1) is 5.69 Å². The third-order valence-corrected chi connectivity index (χ3v) is 18.2. The number of nitrogens with zero attached hydrogens (tertiary/aromatic N) is 1. The molecular formula is C55H45NSi. The topological polar surface area (TPSA) is 3.24 Å². The minimum atomic E-state index is -2.73. The Hall–Kier alpha value is -6.22. The molecule has 0 saturated carbocycles. The molecule has 0 radical (unpaired) electrons. The van der Waals surface area contributed by atoms with E-state index in [2.05, 4.69) is 222 Å². The molecule has 0 N–H and O–H groups in total. The Morgan fingerprint density at radius 2 is 0.895 bits per heavy atom. The monoisotopic (exact) mass is 747 g/mol. The van der Waals surface area contributed by atoms with Crippen LogP contribution in [0.15, 0.2) is 182 Å². The molecule has 0 bridgehead atoms. The summed E-state index contributed by atoms with van der Waals surface area (Å²) in [6.45, 7) is 11.8. The van der Waals surface area contributed by atoms with E-state index in [0.29, 0.717) is 0 Å². The average molecular weight is 748 g/mol. The van der Waals surface area contributed by atoms with Crippen LogP contribution in [-0.4, -0.2) is 8.07 Å². The standard InChI is InChI=1S/C55H45NSi/c1-54(2,3)37-27-30-45-46-32-29-39(35-53(46)57(52(45)33-37)50-25-15-11-21-43(50)44-22-12-16-26-51(44)57)56(49-24-14-10-19-40(49)36-17-7-6-8-18-36)38-28-31-42-41-20-9-13-23-47(41)55(4,5)48(42)34-38/h6-35H,1-5H3. The Morgan fingerprint density at radius 3 is 1.58 bits per heavy atom. The van der Waals surface area contributed by atoms with Crippen LogP contribution in [0.3, 0.4) is 0 Å². The zero-order chi connectivity index (χ0) is 38.7. The van der Waals surface area contributed by atoms with Crippen LogP contribution in [0.1, 0.15) is 51.3 Å². The number of hydrogen-bond acceptors (Lipinski definition) is 1. The van der Waals surface area contributed by atoms with Gasteiger partial charge in [0.2, 0.25) is 0 Å². The molecule has 8 aromatic rings. The molecule has 0 atom stereocenters. The van der Waals surface area contributed by atoms with Crippen LogP contribution in [0, 0.1) is 0 Å². The Balaban J connectivity index is 1.20. The van der Waals surface area contributed by atoms with Gasteiger partial charge >= 0.3 is 0 Å². The predicted molar refractivity (Wildman–Crippen MR) is 244 cm³/mol. The van der Waals surface area contributed by atoms with E-state index in [-0.39, 0.29) is 10.8 Å². The summed E-state index contributed by atoms with van der Waals surface area (Å²) >= 11 is 0. The highest BCUT2D eigenvalue weighted by Gasteiger charge is 2.54. The molecule has 0 aromatic heterocycles. The number of fused-ring (bicyclic) bond motifs is 13. The molecule has 11 rings (SSSR count). The first kappa shape index (κ1) is 34.1. The first-order valence-electron chi connectivity index (χ1n) is 20.4. The van der Waals surface area contributed by atoms with E-state index in [1.165, 1.54) is 99.0 Å². The van der Waals surface area contributed by atoms with E-state index in [4.69, 9.17) is 0 Å². The van der Waals surface area contributed by atoms with Gasteiger partial charge in [0.25, 0.3) is 0 Å². The highest BCUT2D eigenvalue weighted by atomic mass is 28.3. The fourth-order valence-electron chi connectivity index (χ4n) is 10.5. The van der Waals surface area contributed by atoms with Crippen LogP contribution in [0.25, 0.3) is 44.5 Å². The molecule has 274 valence electrons. The van der Waals surface area contributed by atoms with Gasteiger partial charge in [0.15, 0.2) is 8.07 Å². The third kappa shape index (κ3) is 4.74. The van der Waals surface area contributed by atoms with Crippen molar-refractivity contribution >= 4 is 45.9 Å². The Labute approximate surface area is 338 Å². The number of para-hydroxylation sites is 1. The molecule has 0 fully saturated rings. The zero-order valence-corrected chi connectivity index (χ0v) is 34.3. The second-order valence-corrected chi connectivity index (χ2v) is 21.4. The first-order chi connectivity index (χ1) is 27.7. The first-order valence-corrected chi connectivity index (χ1v) is 22.4.